The van der Waals surface area contributed by atoms with Crippen LogP contribution in [0.15, 0.2) is 83.3 Å². The van der Waals surface area contributed by atoms with E-state index in [1.54, 1.807) is 12.1 Å². The van der Waals surface area contributed by atoms with Gasteiger partial charge >= 0.3 is 5.97 Å². The van der Waals surface area contributed by atoms with Crippen LogP contribution in [0, 0.1) is 0 Å². The minimum absolute atomic E-state index is 0.362. The second kappa shape index (κ2) is 7.96. The molecule has 1 heterocycles. The number of ether oxygens (including phenoxy) is 1. The van der Waals surface area contributed by atoms with E-state index in [2.05, 4.69) is 4.98 Å². The van der Waals surface area contributed by atoms with Crippen LogP contribution in [0.4, 0.5) is 0 Å². The third-order valence-electron chi connectivity index (χ3n) is 4.49. The maximum absolute atomic E-state index is 11.7. The molecule has 28 heavy (non-hydrogen) atoms. The Morgan fingerprint density at radius 2 is 1.68 bits per heavy atom. The number of carboxylic acid groups (broad SMARTS) is 1. The van der Waals surface area contributed by atoms with Crippen LogP contribution in [0.2, 0.25) is 0 Å². The quantitative estimate of drug-likeness (QED) is 0.496. The molecule has 0 aliphatic carbocycles. The fourth-order valence-corrected chi connectivity index (χ4v) is 3.06. The summed E-state index contributed by atoms with van der Waals surface area (Å²) in [6, 6.07) is 24.4. The molecule has 140 valence electrons. The normalized spacial score (nSPS) is 12.0. The van der Waals surface area contributed by atoms with Gasteiger partial charge in [0.05, 0.1) is 5.56 Å². The van der Waals surface area contributed by atoms with E-state index in [0.717, 1.165) is 11.1 Å². The van der Waals surface area contributed by atoms with Gasteiger partial charge in [0.15, 0.2) is 11.7 Å². The summed E-state index contributed by atoms with van der Waals surface area (Å²) < 4.78 is 11.7. The zero-order valence-corrected chi connectivity index (χ0v) is 15.1. The van der Waals surface area contributed by atoms with E-state index >= 15 is 0 Å². The minimum atomic E-state index is -0.997. The van der Waals surface area contributed by atoms with Crippen LogP contribution in [-0.4, -0.2) is 22.2 Å². The third-order valence-corrected chi connectivity index (χ3v) is 4.49. The van der Waals surface area contributed by atoms with E-state index < -0.39 is 12.1 Å². The van der Waals surface area contributed by atoms with E-state index in [9.17, 15) is 9.90 Å². The Morgan fingerprint density at radius 1 is 0.964 bits per heavy atom. The molecule has 1 unspecified atom stereocenters. The molecule has 0 bridgehead atoms. The van der Waals surface area contributed by atoms with Crippen molar-refractivity contribution in [2.75, 3.05) is 0 Å². The molecule has 0 aliphatic rings. The monoisotopic (exact) mass is 373 g/mol. The Labute approximate surface area is 162 Å². The Bertz CT molecular complexity index is 1050. The topological polar surface area (TPSA) is 72.6 Å². The number of carboxylic acids is 1. The summed E-state index contributed by atoms with van der Waals surface area (Å²) in [5.74, 6) is -0.151. The van der Waals surface area contributed by atoms with Crippen molar-refractivity contribution in [3.8, 4) is 17.2 Å². The van der Waals surface area contributed by atoms with E-state index in [1.807, 2.05) is 66.7 Å². The largest absolute Gasteiger partial charge is 0.479 e. The van der Waals surface area contributed by atoms with Gasteiger partial charge in [-0.15, -0.1) is 0 Å². The van der Waals surface area contributed by atoms with E-state index in [4.69, 9.17) is 9.15 Å². The Balaban J connectivity index is 1.58. The number of nitrogens with zero attached hydrogens (tertiary/aromatic N) is 1. The van der Waals surface area contributed by atoms with E-state index in [1.165, 1.54) is 0 Å². The van der Waals surface area contributed by atoms with Gasteiger partial charge in [0, 0.05) is 0 Å². The summed E-state index contributed by atoms with van der Waals surface area (Å²) >= 11 is 0. The van der Waals surface area contributed by atoms with Crippen molar-refractivity contribution in [2.24, 2.45) is 0 Å². The first-order chi connectivity index (χ1) is 13.7. The predicted molar refractivity (Wildman–Crippen MR) is 106 cm³/mol. The molecule has 0 spiro atoms. The van der Waals surface area contributed by atoms with Crippen molar-refractivity contribution in [2.45, 2.75) is 18.9 Å². The van der Waals surface area contributed by atoms with Crippen LogP contribution in [0.3, 0.4) is 0 Å². The highest BCUT2D eigenvalue weighted by Crippen LogP contribution is 2.32. The highest BCUT2D eigenvalue weighted by molar-refractivity contribution is 5.78. The summed E-state index contributed by atoms with van der Waals surface area (Å²) in [7, 11) is 0. The molecule has 3 aromatic carbocycles. The number of fused-ring (bicyclic) bond motifs is 1. The Kier molecular flexibility index (Phi) is 5.06. The summed E-state index contributed by atoms with van der Waals surface area (Å²) in [5, 5.41) is 9.62. The second-order valence-corrected chi connectivity index (χ2v) is 6.45. The lowest BCUT2D eigenvalue weighted by Gasteiger charge is -2.17. The summed E-state index contributed by atoms with van der Waals surface area (Å²) in [4.78, 5) is 16.2. The fraction of sp³-hybridized carbons (Fsp3) is 0.130. The van der Waals surface area contributed by atoms with Gasteiger partial charge in [0.2, 0.25) is 5.89 Å². The highest BCUT2D eigenvalue weighted by atomic mass is 16.5. The van der Waals surface area contributed by atoms with E-state index in [-0.39, 0.29) is 0 Å². The number of aromatic nitrogens is 1. The predicted octanol–water partition coefficient (Wildman–Crippen LogP) is 4.96. The molecular weight excluding hydrogens is 354 g/mol. The van der Waals surface area contributed by atoms with Crippen molar-refractivity contribution in [1.29, 1.82) is 0 Å². The summed E-state index contributed by atoms with van der Waals surface area (Å²) in [6.07, 6.45) is 0.00938. The number of rotatable bonds is 7. The first-order valence-electron chi connectivity index (χ1n) is 9.09. The molecule has 4 rings (SSSR count). The highest BCUT2D eigenvalue weighted by Gasteiger charge is 2.22. The Morgan fingerprint density at radius 3 is 2.46 bits per heavy atom. The first kappa shape index (κ1) is 17.8. The lowest BCUT2D eigenvalue weighted by Crippen LogP contribution is -2.27. The molecule has 5 nitrogen and oxygen atoms in total. The molecule has 1 atom stereocenters. The SMILES string of the molecule is O=C(O)C(CCc1ccccc1)Oc1ccccc1-c1nc2ccccc2o1. The molecule has 4 aromatic rings. The van der Waals surface area contributed by atoms with Crippen LogP contribution in [0.25, 0.3) is 22.6 Å². The van der Waals surface area contributed by atoms with Crippen LogP contribution in [0.1, 0.15) is 12.0 Å². The molecule has 1 aromatic heterocycles. The second-order valence-electron chi connectivity index (χ2n) is 6.45. The van der Waals surface area contributed by atoms with Gasteiger partial charge in [0.1, 0.15) is 11.3 Å². The molecule has 0 saturated heterocycles. The first-order valence-corrected chi connectivity index (χ1v) is 9.09. The lowest BCUT2D eigenvalue weighted by molar-refractivity contribution is -0.145. The molecule has 1 N–H and O–H groups in total. The maximum atomic E-state index is 11.7. The smallest absolute Gasteiger partial charge is 0.344 e. The molecule has 0 aliphatic heterocycles. The van der Waals surface area contributed by atoms with Crippen LogP contribution in [-0.2, 0) is 11.2 Å². The summed E-state index contributed by atoms with van der Waals surface area (Å²) in [6.45, 7) is 0. The number of hydrogen-bond acceptors (Lipinski definition) is 4. The fourth-order valence-electron chi connectivity index (χ4n) is 3.06. The number of benzene rings is 3. The van der Waals surface area contributed by atoms with E-state index in [0.29, 0.717) is 35.6 Å². The minimum Gasteiger partial charge on any atom is -0.479 e. The van der Waals surface area contributed by atoms with Crippen LogP contribution in [0.5, 0.6) is 5.75 Å². The van der Waals surface area contributed by atoms with Gasteiger partial charge in [-0.1, -0.05) is 54.6 Å². The number of oxazole rings is 1. The van der Waals surface area contributed by atoms with Gasteiger partial charge in [0.25, 0.3) is 0 Å². The van der Waals surface area contributed by atoms with Gasteiger partial charge in [-0.25, -0.2) is 9.78 Å². The zero-order chi connectivity index (χ0) is 19.3. The van der Waals surface area contributed by atoms with Crippen LogP contribution >= 0.6 is 0 Å². The molecule has 5 heteroatoms. The van der Waals surface area contributed by atoms with Crippen LogP contribution < -0.4 is 4.74 Å². The average molecular weight is 373 g/mol. The number of aryl methyl sites for hydroxylation is 1. The van der Waals surface area contributed by atoms with Gasteiger partial charge in [-0.05, 0) is 42.7 Å². The Hall–Kier alpha value is -3.60. The van der Waals surface area contributed by atoms with Crippen molar-refractivity contribution in [3.05, 3.63) is 84.4 Å². The molecular formula is C23H19NO4. The summed E-state index contributed by atoms with van der Waals surface area (Å²) in [5.41, 5.74) is 3.12. The van der Waals surface area contributed by atoms with Gasteiger partial charge in [-0.3, -0.25) is 0 Å². The lowest BCUT2D eigenvalue weighted by atomic mass is 10.1. The number of hydrogen-bond donors (Lipinski definition) is 1. The van der Waals surface area contributed by atoms with Crippen molar-refractivity contribution in [1.82, 2.24) is 4.98 Å². The van der Waals surface area contributed by atoms with Crippen molar-refractivity contribution >= 4 is 17.1 Å². The van der Waals surface area contributed by atoms with Gasteiger partial charge < -0.3 is 14.3 Å². The number of para-hydroxylation sites is 3. The number of carbonyl (C=O) groups is 1. The van der Waals surface area contributed by atoms with Gasteiger partial charge in [-0.2, -0.15) is 0 Å². The zero-order valence-electron chi connectivity index (χ0n) is 15.1. The maximum Gasteiger partial charge on any atom is 0.344 e. The molecule has 0 saturated carbocycles. The standard InChI is InChI=1S/C23H19NO4/c25-23(26)21(15-14-16-8-2-1-3-9-16)27-19-12-6-4-10-17(19)22-24-18-11-5-7-13-20(18)28-22/h1-13,21H,14-15H2,(H,25,26). The van der Waals surface area contributed by atoms with Crippen molar-refractivity contribution in [3.63, 3.8) is 0 Å². The molecule has 0 radical (unpaired) electrons. The van der Waals surface area contributed by atoms with Crippen molar-refractivity contribution < 1.29 is 19.1 Å². The third kappa shape index (κ3) is 3.88. The number of aliphatic carboxylic acids is 1. The molecule has 0 fully saturated rings. The molecule has 0 amide bonds. The average Bonchev–Trinajstić information content (AvgIpc) is 3.16.